The molecule has 20 heteroatoms. The molecule has 7 N–H and O–H groups in total. The number of likely N-dealkylation sites (tertiary alicyclic amines) is 1. The van der Waals surface area contributed by atoms with Crippen molar-refractivity contribution in [3.8, 4) is 11.5 Å². The lowest BCUT2D eigenvalue weighted by Crippen LogP contribution is -2.32. The van der Waals surface area contributed by atoms with E-state index < -0.39 is 35.3 Å². The van der Waals surface area contributed by atoms with Gasteiger partial charge in [0.1, 0.15) is 11.5 Å². The summed E-state index contributed by atoms with van der Waals surface area (Å²) in [6.45, 7) is 7.25. The van der Waals surface area contributed by atoms with Gasteiger partial charge in [0.05, 0.1) is 61.0 Å². The van der Waals surface area contributed by atoms with Gasteiger partial charge in [-0.15, -0.1) is 0 Å². The van der Waals surface area contributed by atoms with E-state index in [4.69, 9.17) is 20.9 Å². The van der Waals surface area contributed by atoms with Crippen molar-refractivity contribution >= 4 is 35.1 Å². The van der Waals surface area contributed by atoms with Gasteiger partial charge in [-0.2, -0.15) is 26.3 Å². The average molecular weight is 1060 g/mol. The second kappa shape index (κ2) is 26.0. The summed E-state index contributed by atoms with van der Waals surface area (Å²) >= 11 is 0. The van der Waals surface area contributed by atoms with Crippen molar-refractivity contribution in [3.63, 3.8) is 0 Å². The highest BCUT2D eigenvalue weighted by Gasteiger charge is 2.36. The Labute approximate surface area is 438 Å². The average Bonchev–Trinajstić information content (AvgIpc) is 3.40. The molecular weight excluding hydrogens is 991 g/mol. The van der Waals surface area contributed by atoms with Crippen LogP contribution >= 0.6 is 0 Å². The normalized spacial score (nSPS) is 14.6. The van der Waals surface area contributed by atoms with Crippen LogP contribution in [0.1, 0.15) is 100 Å². The lowest BCUT2D eigenvalue weighted by atomic mass is 9.89. The number of carbonyl (C=O) groups is 2. The van der Waals surface area contributed by atoms with Crippen molar-refractivity contribution in [1.82, 2.24) is 30.2 Å². The molecule has 0 bridgehead atoms. The Bertz CT molecular complexity index is 2920. The molecule has 0 aliphatic carbocycles. The molecule has 2 aliphatic heterocycles. The number of nitrogens with zero attached hydrogens (tertiary/aromatic N) is 5. The molecule has 404 valence electrons. The number of nitrogens with one attached hydrogen (secondary N) is 3. The molecule has 2 aliphatic rings. The molecule has 4 heterocycles. The lowest BCUT2D eigenvalue weighted by Gasteiger charge is -2.31. The van der Waals surface area contributed by atoms with Gasteiger partial charge in [-0.25, -0.2) is 19.9 Å². The Balaban J connectivity index is 0.000000221. The summed E-state index contributed by atoms with van der Waals surface area (Å²) in [5.74, 6) is 1.09. The summed E-state index contributed by atoms with van der Waals surface area (Å²) in [4.78, 5) is 41.6. The van der Waals surface area contributed by atoms with E-state index in [1.807, 2.05) is 36.4 Å². The van der Waals surface area contributed by atoms with E-state index in [0.717, 1.165) is 87.5 Å². The molecule has 14 nitrogen and oxygen atoms in total. The van der Waals surface area contributed by atoms with Crippen LogP contribution in [0.5, 0.6) is 11.5 Å². The number of alkyl halides is 6. The summed E-state index contributed by atoms with van der Waals surface area (Å²) < 4.78 is 93.7. The van der Waals surface area contributed by atoms with Gasteiger partial charge in [-0.3, -0.25) is 9.59 Å². The number of aromatic nitrogens is 4. The number of aryl methyl sites for hydroxylation is 4. The number of carbonyl (C=O) groups excluding carboxylic acids is 2. The minimum atomic E-state index is -4.60. The van der Waals surface area contributed by atoms with Gasteiger partial charge >= 0.3 is 12.4 Å². The SMILES string of the molecule is CCN1CCC(c2ccc(Nc3ncc(C(F)(F)F)c(CCc4ccccc4CC(N)=O)n3)c(OC)c2)CC1.COc1cc(C2CCNCC2)ccc1Nc1ncc(C(F)(F)F)c(CCc2ccccc2CC(N)=O)n1. The highest BCUT2D eigenvalue weighted by Crippen LogP contribution is 2.38. The summed E-state index contributed by atoms with van der Waals surface area (Å²) in [5.41, 5.74) is 15.0. The van der Waals surface area contributed by atoms with Crippen LogP contribution < -0.4 is 36.9 Å². The van der Waals surface area contributed by atoms with Crippen molar-refractivity contribution < 1.29 is 45.4 Å². The Kier molecular flexibility index (Phi) is 19.3. The molecule has 0 radical (unpaired) electrons. The molecule has 2 fully saturated rings. The molecule has 2 saturated heterocycles. The molecule has 6 aromatic rings. The quantitative estimate of drug-likeness (QED) is 0.0483. The summed E-state index contributed by atoms with van der Waals surface area (Å²) in [5, 5.41) is 9.41. The first kappa shape index (κ1) is 56.4. The van der Waals surface area contributed by atoms with Crippen LogP contribution in [0.15, 0.2) is 97.3 Å². The largest absolute Gasteiger partial charge is 0.495 e. The number of benzene rings is 4. The molecule has 2 aromatic heterocycles. The van der Waals surface area contributed by atoms with E-state index in [9.17, 15) is 35.9 Å². The maximum Gasteiger partial charge on any atom is 0.419 e. The highest BCUT2D eigenvalue weighted by atomic mass is 19.4. The van der Waals surface area contributed by atoms with Crippen LogP contribution in [0.4, 0.5) is 49.6 Å². The van der Waals surface area contributed by atoms with Crippen LogP contribution in [-0.4, -0.2) is 83.6 Å². The second-order valence-corrected chi connectivity index (χ2v) is 18.8. The molecule has 0 unspecified atom stereocenters. The number of hydrogen-bond acceptors (Lipinski definition) is 12. The predicted molar refractivity (Wildman–Crippen MR) is 279 cm³/mol. The van der Waals surface area contributed by atoms with Crippen LogP contribution in [0.25, 0.3) is 0 Å². The monoisotopic (exact) mass is 1050 g/mol. The number of piperidine rings is 2. The van der Waals surface area contributed by atoms with Gasteiger partial charge in [-0.1, -0.05) is 67.6 Å². The third-order valence-corrected chi connectivity index (χ3v) is 13.8. The van der Waals surface area contributed by atoms with Gasteiger partial charge in [0.25, 0.3) is 0 Å². The zero-order valence-corrected chi connectivity index (χ0v) is 42.8. The second-order valence-electron chi connectivity index (χ2n) is 18.8. The van der Waals surface area contributed by atoms with Gasteiger partial charge in [0.15, 0.2) is 0 Å². The lowest BCUT2D eigenvalue weighted by molar-refractivity contribution is -0.139. The number of methoxy groups -OCH3 is 2. The van der Waals surface area contributed by atoms with Crippen molar-refractivity contribution in [2.45, 2.75) is 95.3 Å². The van der Waals surface area contributed by atoms with Crippen molar-refractivity contribution in [3.05, 3.63) is 153 Å². The number of hydrogen-bond donors (Lipinski definition) is 5. The highest BCUT2D eigenvalue weighted by molar-refractivity contribution is 5.77. The van der Waals surface area contributed by atoms with Crippen LogP contribution in [-0.2, 0) is 60.5 Å². The number of rotatable bonds is 19. The number of primary amides is 2. The fourth-order valence-electron chi connectivity index (χ4n) is 9.75. The van der Waals surface area contributed by atoms with Gasteiger partial charge in [-0.05, 0) is 154 Å². The maximum atomic E-state index is 13.8. The number of halogens is 6. The smallest absolute Gasteiger partial charge is 0.419 e. The van der Waals surface area contributed by atoms with Gasteiger partial charge in [0.2, 0.25) is 23.7 Å². The van der Waals surface area contributed by atoms with Crippen LogP contribution in [0, 0.1) is 0 Å². The molecule has 2 amide bonds. The van der Waals surface area contributed by atoms with Crippen LogP contribution in [0.3, 0.4) is 0 Å². The van der Waals surface area contributed by atoms with E-state index in [1.165, 1.54) is 5.56 Å². The standard InChI is InChI=1S/C29H34F3N5O2.C27H30F3N5O2/c1-3-37-14-12-20(13-15-37)22-9-11-25(26(16-22)39-2)36-28-34-18-23(29(30,31)32)24(35-28)10-8-19-6-4-5-7-21(19)17-27(33)38;1-37-24-14-20(18-10-12-32-13-11-18)7-9-23(24)35-26-33-16-21(27(28,29)30)22(34-26)8-6-17-4-2-3-5-19(17)15-25(31)36/h4-7,9,11,16,18,20H,3,8,10,12-15,17H2,1-2H3,(H2,33,38)(H,34,35,36);2-5,7,9,14,16,18,32H,6,8,10-13,15H2,1H3,(H2,31,36)(H,33,34,35). The molecular formula is C56H64F6N10O4. The van der Waals surface area contributed by atoms with Crippen molar-refractivity contribution in [2.24, 2.45) is 11.5 Å². The van der Waals surface area contributed by atoms with E-state index in [1.54, 1.807) is 62.8 Å². The summed E-state index contributed by atoms with van der Waals surface area (Å²) in [6, 6.07) is 25.8. The van der Waals surface area contributed by atoms with Crippen molar-refractivity contribution in [2.75, 3.05) is 57.6 Å². The molecule has 4 aromatic carbocycles. The van der Waals surface area contributed by atoms with Crippen LogP contribution in [0.2, 0.25) is 0 Å². The molecule has 8 rings (SSSR count). The Hall–Kier alpha value is -7.32. The van der Waals surface area contributed by atoms with Gasteiger partial charge < -0.3 is 41.8 Å². The first-order chi connectivity index (χ1) is 36.4. The molecule has 0 atom stereocenters. The minimum absolute atomic E-state index is 0.00755. The first-order valence-corrected chi connectivity index (χ1v) is 25.3. The van der Waals surface area contributed by atoms with Gasteiger partial charge in [0, 0.05) is 12.4 Å². The Morgan fingerprint density at radius 2 is 1.03 bits per heavy atom. The van der Waals surface area contributed by atoms with E-state index >= 15 is 0 Å². The summed E-state index contributed by atoms with van der Waals surface area (Å²) in [6.07, 6.45) is -2.82. The fourth-order valence-corrected chi connectivity index (χ4v) is 9.75. The zero-order valence-electron chi connectivity index (χ0n) is 42.8. The van der Waals surface area contributed by atoms with Crippen molar-refractivity contribution in [1.29, 1.82) is 0 Å². The number of anilines is 4. The first-order valence-electron chi connectivity index (χ1n) is 25.3. The van der Waals surface area contributed by atoms with E-state index in [0.29, 0.717) is 45.8 Å². The number of amides is 2. The third kappa shape index (κ3) is 15.4. The Morgan fingerprint density at radius 1 is 0.618 bits per heavy atom. The molecule has 0 saturated carbocycles. The topological polar surface area (TPSA) is 196 Å². The molecule has 76 heavy (non-hydrogen) atoms. The fraction of sp³-hybridized carbons (Fsp3) is 0.393. The maximum absolute atomic E-state index is 13.8. The third-order valence-electron chi connectivity index (χ3n) is 13.8. The van der Waals surface area contributed by atoms with E-state index in [2.05, 4.69) is 47.7 Å². The minimum Gasteiger partial charge on any atom is -0.495 e. The predicted octanol–water partition coefficient (Wildman–Crippen LogP) is 9.79. The summed E-state index contributed by atoms with van der Waals surface area (Å²) in [7, 11) is 3.11. The Morgan fingerprint density at radius 3 is 1.41 bits per heavy atom. The molecule has 0 spiro atoms. The number of ether oxygens (including phenoxy) is 2. The van der Waals surface area contributed by atoms with E-state index in [-0.39, 0.29) is 61.8 Å². The zero-order chi connectivity index (χ0) is 54.4. The number of nitrogens with two attached hydrogens (primary N) is 2.